The molecule has 0 aliphatic heterocycles. The van der Waals surface area contributed by atoms with Gasteiger partial charge in [-0.2, -0.15) is 0 Å². The molecule has 0 bridgehead atoms. The van der Waals surface area contributed by atoms with Crippen LogP contribution in [0.15, 0.2) is 18.2 Å². The Morgan fingerprint density at radius 3 is 2.42 bits per heavy atom. The Kier molecular flexibility index (Phi) is 5.79. The number of ketones is 1. The number of hydrogen-bond donors (Lipinski definition) is 1. The Morgan fingerprint density at radius 1 is 1.26 bits per heavy atom. The molecule has 1 rings (SSSR count). The Hall–Kier alpha value is -1.10. The van der Waals surface area contributed by atoms with Gasteiger partial charge in [0.25, 0.3) is 0 Å². The first-order chi connectivity index (χ1) is 8.81. The van der Waals surface area contributed by atoms with Crippen LogP contribution in [0.3, 0.4) is 0 Å². The molecule has 19 heavy (non-hydrogen) atoms. The summed E-state index contributed by atoms with van der Waals surface area (Å²) in [5.74, 6) is -0.879. The van der Waals surface area contributed by atoms with Crippen LogP contribution in [0.25, 0.3) is 0 Å². The van der Waals surface area contributed by atoms with E-state index in [4.69, 9.17) is 33.7 Å². The first-order valence-corrected chi connectivity index (χ1v) is 6.51. The van der Waals surface area contributed by atoms with Crippen molar-refractivity contribution in [3.8, 4) is 0 Å². The predicted molar refractivity (Wildman–Crippen MR) is 74.6 cm³/mol. The second-order valence-corrected chi connectivity index (χ2v) is 5.16. The number of halogens is 2. The molecule has 0 amide bonds. The van der Waals surface area contributed by atoms with Crippen LogP contribution in [0.4, 0.5) is 0 Å². The topological polar surface area (TPSA) is 69.4 Å². The molecule has 4 nitrogen and oxygen atoms in total. The third-order valence-electron chi connectivity index (χ3n) is 2.30. The summed E-state index contributed by atoms with van der Waals surface area (Å²) in [4.78, 5) is 23.4. The second kappa shape index (κ2) is 6.89. The number of esters is 1. The van der Waals surface area contributed by atoms with E-state index in [1.807, 2.05) is 0 Å². The summed E-state index contributed by atoms with van der Waals surface area (Å²) in [6.07, 6.45) is -0.401. The van der Waals surface area contributed by atoms with Crippen molar-refractivity contribution in [2.75, 3.05) is 0 Å². The van der Waals surface area contributed by atoms with Gasteiger partial charge in [0.2, 0.25) is 0 Å². The highest BCUT2D eigenvalue weighted by molar-refractivity contribution is 6.42. The number of nitrogens with two attached hydrogens (primary N) is 1. The lowest BCUT2D eigenvalue weighted by atomic mass is 10.0. The van der Waals surface area contributed by atoms with E-state index in [1.165, 1.54) is 18.2 Å². The lowest BCUT2D eigenvalue weighted by Crippen LogP contribution is -2.35. The van der Waals surface area contributed by atoms with E-state index in [0.717, 1.165) is 0 Å². The van der Waals surface area contributed by atoms with Gasteiger partial charge in [-0.25, -0.2) is 0 Å². The van der Waals surface area contributed by atoms with Gasteiger partial charge < -0.3 is 10.5 Å². The fraction of sp³-hybridized carbons (Fsp3) is 0.385. The van der Waals surface area contributed by atoms with Gasteiger partial charge in [-0.3, -0.25) is 9.59 Å². The number of Topliss-reactive ketones (excluding diaryl/α,β-unsaturated/α-hetero) is 1. The van der Waals surface area contributed by atoms with Crippen LogP contribution < -0.4 is 5.73 Å². The summed E-state index contributed by atoms with van der Waals surface area (Å²) in [5.41, 5.74) is 5.98. The molecule has 0 unspecified atom stereocenters. The van der Waals surface area contributed by atoms with Gasteiger partial charge in [-0.15, -0.1) is 0 Å². The number of hydrogen-bond acceptors (Lipinski definition) is 4. The molecule has 0 aliphatic rings. The van der Waals surface area contributed by atoms with Crippen LogP contribution in [0.1, 0.15) is 30.6 Å². The van der Waals surface area contributed by atoms with E-state index in [1.54, 1.807) is 13.8 Å². The highest BCUT2D eigenvalue weighted by atomic mass is 35.5. The average Bonchev–Trinajstić information content (AvgIpc) is 2.31. The molecule has 0 heterocycles. The summed E-state index contributed by atoms with van der Waals surface area (Å²) in [6.45, 7) is 3.43. The highest BCUT2D eigenvalue weighted by Crippen LogP contribution is 2.23. The molecule has 0 aromatic heterocycles. The minimum atomic E-state index is -0.982. The monoisotopic (exact) mass is 303 g/mol. The summed E-state index contributed by atoms with van der Waals surface area (Å²) in [6, 6.07) is 3.53. The molecule has 1 atom stereocenters. The van der Waals surface area contributed by atoms with Crippen LogP contribution in [-0.2, 0) is 9.53 Å². The van der Waals surface area contributed by atoms with Gasteiger partial charge in [-0.1, -0.05) is 23.2 Å². The number of rotatable bonds is 5. The molecule has 1 aromatic carbocycles. The maximum atomic E-state index is 11.9. The number of carbonyl (C=O) groups excluding carboxylic acids is 2. The van der Waals surface area contributed by atoms with Crippen molar-refractivity contribution in [1.29, 1.82) is 0 Å². The van der Waals surface area contributed by atoms with Crippen molar-refractivity contribution in [3.05, 3.63) is 33.8 Å². The Balaban J connectivity index is 2.68. The van der Waals surface area contributed by atoms with E-state index < -0.39 is 12.0 Å². The first kappa shape index (κ1) is 16.0. The van der Waals surface area contributed by atoms with Gasteiger partial charge in [0.15, 0.2) is 5.78 Å². The molecule has 2 N–H and O–H groups in total. The molecule has 6 heteroatoms. The Labute approximate surface area is 121 Å². The first-order valence-electron chi connectivity index (χ1n) is 5.75. The molecule has 0 radical (unpaired) electrons. The summed E-state index contributed by atoms with van der Waals surface area (Å²) < 4.78 is 4.93. The molecular formula is C13H15Cl2NO3. The smallest absolute Gasteiger partial charge is 0.323 e. The third-order valence-corrected chi connectivity index (χ3v) is 3.04. The van der Waals surface area contributed by atoms with E-state index >= 15 is 0 Å². The van der Waals surface area contributed by atoms with Crippen molar-refractivity contribution >= 4 is 35.0 Å². The molecule has 0 spiro atoms. The van der Waals surface area contributed by atoms with E-state index in [-0.39, 0.29) is 23.3 Å². The maximum Gasteiger partial charge on any atom is 0.323 e. The normalized spacial score (nSPS) is 12.3. The fourth-order valence-corrected chi connectivity index (χ4v) is 1.69. The third kappa shape index (κ3) is 4.82. The summed E-state index contributed by atoms with van der Waals surface area (Å²) in [7, 11) is 0. The Bertz CT molecular complexity index is 489. The molecular weight excluding hydrogens is 289 g/mol. The zero-order chi connectivity index (χ0) is 14.6. The zero-order valence-electron chi connectivity index (χ0n) is 10.7. The SMILES string of the molecule is CC(C)OC(=O)[C@H](N)CC(=O)c1ccc(Cl)c(Cl)c1. The Morgan fingerprint density at radius 2 is 1.89 bits per heavy atom. The van der Waals surface area contributed by atoms with E-state index in [2.05, 4.69) is 0 Å². The summed E-state index contributed by atoms with van der Waals surface area (Å²) >= 11 is 11.6. The highest BCUT2D eigenvalue weighted by Gasteiger charge is 2.21. The number of benzene rings is 1. The largest absolute Gasteiger partial charge is 0.462 e. The van der Waals surface area contributed by atoms with E-state index in [9.17, 15) is 9.59 Å². The van der Waals surface area contributed by atoms with Crippen LogP contribution in [0, 0.1) is 0 Å². The number of carbonyl (C=O) groups is 2. The van der Waals surface area contributed by atoms with Crippen molar-refractivity contribution in [3.63, 3.8) is 0 Å². The van der Waals surface area contributed by atoms with E-state index in [0.29, 0.717) is 10.6 Å². The van der Waals surface area contributed by atoms with Crippen LogP contribution in [0.2, 0.25) is 10.0 Å². The molecule has 0 saturated heterocycles. The van der Waals surface area contributed by atoms with Crippen molar-refractivity contribution in [1.82, 2.24) is 0 Å². The maximum absolute atomic E-state index is 11.9. The molecule has 104 valence electrons. The van der Waals surface area contributed by atoms with Gasteiger partial charge in [0.1, 0.15) is 6.04 Å². The van der Waals surface area contributed by atoms with Crippen molar-refractivity contribution in [2.45, 2.75) is 32.4 Å². The van der Waals surface area contributed by atoms with Gasteiger partial charge in [-0.05, 0) is 32.0 Å². The minimum absolute atomic E-state index is 0.135. The standard InChI is InChI=1S/C13H15Cl2NO3/c1-7(2)19-13(18)11(16)6-12(17)8-3-4-9(14)10(15)5-8/h3-5,7,11H,6,16H2,1-2H3/t11-/m1/s1. The minimum Gasteiger partial charge on any atom is -0.462 e. The number of ether oxygens (including phenoxy) is 1. The molecule has 0 aliphatic carbocycles. The fourth-order valence-electron chi connectivity index (χ4n) is 1.39. The predicted octanol–water partition coefficient (Wildman–Crippen LogP) is 2.85. The quantitative estimate of drug-likeness (QED) is 0.671. The zero-order valence-corrected chi connectivity index (χ0v) is 12.2. The molecule has 1 aromatic rings. The van der Waals surface area contributed by atoms with Crippen LogP contribution in [-0.4, -0.2) is 23.9 Å². The van der Waals surface area contributed by atoms with Gasteiger partial charge in [0, 0.05) is 12.0 Å². The summed E-state index contributed by atoms with van der Waals surface area (Å²) in [5, 5.41) is 0.646. The van der Waals surface area contributed by atoms with Crippen molar-refractivity contribution in [2.24, 2.45) is 5.73 Å². The molecule has 0 saturated carbocycles. The lowest BCUT2D eigenvalue weighted by molar-refractivity contribution is -0.148. The van der Waals surface area contributed by atoms with Crippen molar-refractivity contribution < 1.29 is 14.3 Å². The second-order valence-electron chi connectivity index (χ2n) is 4.35. The van der Waals surface area contributed by atoms with Crippen LogP contribution in [0.5, 0.6) is 0 Å². The van der Waals surface area contributed by atoms with Gasteiger partial charge in [0.05, 0.1) is 16.1 Å². The average molecular weight is 304 g/mol. The van der Waals surface area contributed by atoms with Gasteiger partial charge >= 0.3 is 5.97 Å². The molecule has 0 fully saturated rings. The van der Waals surface area contributed by atoms with Crippen LogP contribution >= 0.6 is 23.2 Å². The lowest BCUT2D eigenvalue weighted by Gasteiger charge is -2.13.